The molecule has 0 saturated carbocycles. The van der Waals surface area contributed by atoms with Crippen molar-refractivity contribution in [1.29, 1.82) is 0 Å². The molecule has 2 fully saturated rings. The van der Waals surface area contributed by atoms with Crippen LogP contribution in [0.2, 0.25) is 0 Å². The number of rotatable bonds is 2. The van der Waals surface area contributed by atoms with Gasteiger partial charge in [0.15, 0.2) is 0 Å². The SMILES string of the molecule is Cc1cc(CN2C3CC2CN(C)C3)cc(C)n1. The third-order valence-corrected chi connectivity index (χ3v) is 4.03. The highest BCUT2D eigenvalue weighted by Gasteiger charge is 2.43. The molecular formula is C14H21N3. The molecule has 3 heterocycles. The molecule has 2 atom stereocenters. The fourth-order valence-electron chi connectivity index (χ4n) is 3.38. The number of aryl methyl sites for hydroxylation is 2. The van der Waals surface area contributed by atoms with E-state index in [4.69, 9.17) is 0 Å². The fraction of sp³-hybridized carbons (Fsp3) is 0.643. The molecule has 2 bridgehead atoms. The van der Waals surface area contributed by atoms with Gasteiger partial charge in [-0.3, -0.25) is 9.88 Å². The topological polar surface area (TPSA) is 19.4 Å². The minimum Gasteiger partial charge on any atom is -0.303 e. The van der Waals surface area contributed by atoms with Gasteiger partial charge in [0.1, 0.15) is 0 Å². The molecule has 0 amide bonds. The van der Waals surface area contributed by atoms with E-state index in [-0.39, 0.29) is 0 Å². The van der Waals surface area contributed by atoms with Crippen LogP contribution in [-0.4, -0.2) is 47.0 Å². The highest BCUT2D eigenvalue weighted by molar-refractivity contribution is 5.21. The number of aromatic nitrogens is 1. The average molecular weight is 231 g/mol. The molecule has 0 aliphatic carbocycles. The first kappa shape index (κ1) is 11.2. The summed E-state index contributed by atoms with van der Waals surface area (Å²) in [6.07, 6.45) is 1.40. The fourth-order valence-corrected chi connectivity index (χ4v) is 3.38. The summed E-state index contributed by atoms with van der Waals surface area (Å²) < 4.78 is 0. The first-order chi connectivity index (χ1) is 8.11. The summed E-state index contributed by atoms with van der Waals surface area (Å²) in [7, 11) is 2.23. The summed E-state index contributed by atoms with van der Waals surface area (Å²) in [5, 5.41) is 0. The van der Waals surface area contributed by atoms with Crippen LogP contribution in [0.25, 0.3) is 0 Å². The van der Waals surface area contributed by atoms with Crippen molar-refractivity contribution in [2.75, 3.05) is 20.1 Å². The highest BCUT2D eigenvalue weighted by Crippen LogP contribution is 2.33. The van der Waals surface area contributed by atoms with Gasteiger partial charge in [0, 0.05) is 43.1 Å². The zero-order valence-corrected chi connectivity index (χ0v) is 11.0. The van der Waals surface area contributed by atoms with Gasteiger partial charge in [-0.25, -0.2) is 0 Å². The summed E-state index contributed by atoms with van der Waals surface area (Å²) in [4.78, 5) is 9.56. The molecule has 3 heteroatoms. The van der Waals surface area contributed by atoms with E-state index in [9.17, 15) is 0 Å². The van der Waals surface area contributed by atoms with Crippen molar-refractivity contribution in [2.45, 2.75) is 38.9 Å². The van der Waals surface area contributed by atoms with Gasteiger partial charge in [-0.15, -0.1) is 0 Å². The van der Waals surface area contributed by atoms with Crippen molar-refractivity contribution in [1.82, 2.24) is 14.8 Å². The Bertz CT molecular complexity index is 397. The normalized spacial score (nSPS) is 29.1. The standard InChI is InChI=1S/C14H21N3/c1-10-4-12(5-11(2)15-10)7-17-13-6-14(17)9-16(3)8-13/h4-5,13-14H,6-9H2,1-3H3. The second kappa shape index (κ2) is 4.07. The molecule has 2 saturated heterocycles. The lowest BCUT2D eigenvalue weighted by Crippen LogP contribution is -2.67. The smallest absolute Gasteiger partial charge is 0.0379 e. The lowest BCUT2D eigenvalue weighted by atomic mass is 9.87. The lowest BCUT2D eigenvalue weighted by molar-refractivity contribution is -0.0668. The van der Waals surface area contributed by atoms with Crippen LogP contribution >= 0.6 is 0 Å². The molecule has 0 N–H and O–H groups in total. The maximum absolute atomic E-state index is 4.44. The maximum Gasteiger partial charge on any atom is 0.0379 e. The quantitative estimate of drug-likeness (QED) is 0.770. The number of piperazine rings is 1. The molecule has 0 radical (unpaired) electrons. The molecular weight excluding hydrogens is 210 g/mol. The van der Waals surface area contributed by atoms with Crippen LogP contribution in [0.3, 0.4) is 0 Å². The molecule has 3 rings (SSSR count). The van der Waals surface area contributed by atoms with Crippen LogP contribution < -0.4 is 0 Å². The van der Waals surface area contributed by atoms with Crippen LogP contribution in [-0.2, 0) is 6.54 Å². The van der Waals surface area contributed by atoms with Gasteiger partial charge in [-0.1, -0.05) is 0 Å². The lowest BCUT2D eigenvalue weighted by Gasteiger charge is -2.56. The first-order valence-corrected chi connectivity index (χ1v) is 6.50. The van der Waals surface area contributed by atoms with Crippen LogP contribution in [0.1, 0.15) is 23.4 Å². The van der Waals surface area contributed by atoms with Crippen LogP contribution in [0.5, 0.6) is 0 Å². The van der Waals surface area contributed by atoms with E-state index in [0.29, 0.717) is 0 Å². The predicted octanol–water partition coefficient (Wildman–Crippen LogP) is 1.59. The minimum absolute atomic E-state index is 0.785. The molecule has 1 aromatic heterocycles. The molecule has 0 aromatic carbocycles. The Morgan fingerprint density at radius 1 is 1.18 bits per heavy atom. The second-order valence-electron chi connectivity index (χ2n) is 5.70. The maximum atomic E-state index is 4.44. The van der Waals surface area contributed by atoms with Gasteiger partial charge in [-0.2, -0.15) is 0 Å². The third kappa shape index (κ3) is 2.09. The molecule has 17 heavy (non-hydrogen) atoms. The summed E-state index contributed by atoms with van der Waals surface area (Å²) in [5.41, 5.74) is 3.71. The van der Waals surface area contributed by atoms with Gasteiger partial charge in [0.05, 0.1) is 0 Å². The number of likely N-dealkylation sites (tertiary alicyclic amines) is 2. The molecule has 2 aliphatic rings. The summed E-state index contributed by atoms with van der Waals surface area (Å²) in [5.74, 6) is 0. The van der Waals surface area contributed by atoms with Gasteiger partial charge >= 0.3 is 0 Å². The highest BCUT2D eigenvalue weighted by atomic mass is 15.3. The Kier molecular flexibility index (Phi) is 2.68. The molecule has 92 valence electrons. The Balaban J connectivity index is 1.72. The van der Waals surface area contributed by atoms with Crippen molar-refractivity contribution in [3.63, 3.8) is 0 Å². The monoisotopic (exact) mass is 231 g/mol. The van der Waals surface area contributed by atoms with E-state index < -0.39 is 0 Å². The van der Waals surface area contributed by atoms with Crippen LogP contribution in [0.4, 0.5) is 0 Å². The van der Waals surface area contributed by atoms with E-state index in [1.807, 2.05) is 0 Å². The predicted molar refractivity (Wildman–Crippen MR) is 68.9 cm³/mol. The Morgan fingerprint density at radius 2 is 1.76 bits per heavy atom. The number of hydrogen-bond donors (Lipinski definition) is 0. The molecule has 2 aliphatic heterocycles. The molecule has 0 spiro atoms. The van der Waals surface area contributed by atoms with E-state index in [0.717, 1.165) is 30.0 Å². The Hall–Kier alpha value is -0.930. The van der Waals surface area contributed by atoms with Gasteiger partial charge in [0.25, 0.3) is 0 Å². The van der Waals surface area contributed by atoms with Crippen LogP contribution in [0, 0.1) is 13.8 Å². The van der Waals surface area contributed by atoms with Gasteiger partial charge < -0.3 is 4.90 Å². The minimum atomic E-state index is 0.785. The van der Waals surface area contributed by atoms with Crippen molar-refractivity contribution in [3.8, 4) is 0 Å². The van der Waals surface area contributed by atoms with Gasteiger partial charge in [0.2, 0.25) is 0 Å². The number of piperidine rings is 1. The summed E-state index contributed by atoms with van der Waals surface area (Å²) in [6, 6.07) is 6.02. The molecule has 3 nitrogen and oxygen atoms in total. The second-order valence-corrected chi connectivity index (χ2v) is 5.70. The van der Waals surface area contributed by atoms with Gasteiger partial charge in [-0.05, 0) is 45.0 Å². The molecule has 2 unspecified atom stereocenters. The van der Waals surface area contributed by atoms with E-state index >= 15 is 0 Å². The van der Waals surface area contributed by atoms with Crippen molar-refractivity contribution < 1.29 is 0 Å². The zero-order chi connectivity index (χ0) is 12.0. The van der Waals surface area contributed by atoms with E-state index in [1.54, 1.807) is 0 Å². The molecule has 1 aromatic rings. The largest absolute Gasteiger partial charge is 0.303 e. The Morgan fingerprint density at radius 3 is 2.35 bits per heavy atom. The average Bonchev–Trinajstić information content (AvgIpc) is 2.24. The number of likely N-dealkylation sites (N-methyl/N-ethyl adjacent to an activating group) is 1. The zero-order valence-electron chi connectivity index (χ0n) is 11.0. The number of nitrogens with zero attached hydrogens (tertiary/aromatic N) is 3. The summed E-state index contributed by atoms with van der Waals surface area (Å²) >= 11 is 0. The first-order valence-electron chi connectivity index (χ1n) is 6.50. The number of fused-ring (bicyclic) bond motifs is 2. The third-order valence-electron chi connectivity index (χ3n) is 4.03. The van der Waals surface area contributed by atoms with Crippen molar-refractivity contribution >= 4 is 0 Å². The van der Waals surface area contributed by atoms with Crippen LogP contribution in [0.15, 0.2) is 12.1 Å². The Labute approximate surface area is 103 Å². The number of pyridine rings is 1. The van der Waals surface area contributed by atoms with Crippen molar-refractivity contribution in [2.24, 2.45) is 0 Å². The summed E-state index contributed by atoms with van der Waals surface area (Å²) in [6.45, 7) is 7.74. The van der Waals surface area contributed by atoms with Crippen molar-refractivity contribution in [3.05, 3.63) is 29.1 Å². The van der Waals surface area contributed by atoms with E-state index in [2.05, 4.69) is 47.8 Å². The number of hydrogen-bond acceptors (Lipinski definition) is 3. The van der Waals surface area contributed by atoms with E-state index in [1.165, 1.54) is 25.1 Å².